The molecule has 0 saturated carbocycles. The van der Waals surface area contributed by atoms with E-state index < -0.39 is 0 Å². The second kappa shape index (κ2) is 10.1. The third-order valence-corrected chi connectivity index (χ3v) is 4.92. The van der Waals surface area contributed by atoms with Crippen molar-refractivity contribution in [3.63, 3.8) is 0 Å². The van der Waals surface area contributed by atoms with Gasteiger partial charge in [-0.1, -0.05) is 38.9 Å². The first-order valence-electron chi connectivity index (χ1n) is 7.73. The molecule has 26 heavy (non-hydrogen) atoms. The third-order valence-electron chi connectivity index (χ3n) is 4.42. The fourth-order valence-corrected chi connectivity index (χ4v) is 3.72. The molecule has 0 N–H and O–H groups in total. The van der Waals surface area contributed by atoms with E-state index in [1.165, 1.54) is 27.3 Å². The zero-order chi connectivity index (χ0) is 15.8. The fraction of sp³-hybridized carbons (Fsp3) is 0.143. The molecule has 0 aromatic heterocycles. The van der Waals surface area contributed by atoms with E-state index in [1.807, 2.05) is 18.2 Å². The van der Waals surface area contributed by atoms with Crippen LogP contribution < -0.4 is 40.2 Å². The van der Waals surface area contributed by atoms with Gasteiger partial charge in [-0.15, -0.1) is 36.2 Å². The predicted molar refractivity (Wildman–Crippen MR) is 99.4 cm³/mol. The molecule has 1 unspecified atom stereocenters. The average Bonchev–Trinajstić information content (AvgIpc) is 3.28. The van der Waals surface area contributed by atoms with Crippen LogP contribution in [0.25, 0.3) is 11.6 Å². The first-order chi connectivity index (χ1) is 11.3. The van der Waals surface area contributed by atoms with Crippen molar-refractivity contribution in [2.45, 2.75) is 12.5 Å². The van der Waals surface area contributed by atoms with Crippen LogP contribution >= 0.6 is 15.9 Å². The molecule has 1 aliphatic heterocycles. The van der Waals surface area contributed by atoms with Crippen LogP contribution in [-0.2, 0) is 26.2 Å². The molecular weight excluding hydrogens is 508 g/mol. The second-order valence-electron chi connectivity index (χ2n) is 5.80. The number of hydrogen-bond acceptors (Lipinski definition) is 1. The van der Waals surface area contributed by atoms with Crippen LogP contribution in [0.2, 0.25) is 0 Å². The minimum absolute atomic E-state index is 0. The van der Waals surface area contributed by atoms with Gasteiger partial charge < -0.3 is 29.7 Å². The molecule has 0 radical (unpaired) electrons. The summed E-state index contributed by atoms with van der Waals surface area (Å²) in [5.74, 6) is 0. The van der Waals surface area contributed by atoms with Gasteiger partial charge in [0.05, 0.1) is 0 Å². The van der Waals surface area contributed by atoms with Crippen molar-refractivity contribution in [2.24, 2.45) is 0 Å². The van der Waals surface area contributed by atoms with E-state index in [0.29, 0.717) is 6.04 Å². The van der Waals surface area contributed by atoms with Crippen LogP contribution in [0.15, 0.2) is 59.1 Å². The number of hydrogen-bond donors (Lipinski definition) is 0. The van der Waals surface area contributed by atoms with Gasteiger partial charge >= 0.3 is 26.2 Å². The monoisotopic (exact) mass is 521 g/mol. The number of fused-ring (bicyclic) bond motifs is 4. The molecule has 1 heterocycles. The molecule has 3 aliphatic rings. The van der Waals surface area contributed by atoms with E-state index in [1.54, 1.807) is 0 Å². The molecule has 2 aromatic rings. The summed E-state index contributed by atoms with van der Waals surface area (Å²) in [6, 6.07) is 16.5. The van der Waals surface area contributed by atoms with Crippen molar-refractivity contribution < 1.29 is 51.0 Å². The number of rotatable bonds is 0. The number of anilines is 1. The van der Waals surface area contributed by atoms with Crippen molar-refractivity contribution in [2.75, 3.05) is 11.9 Å². The van der Waals surface area contributed by atoms with Gasteiger partial charge in [0.15, 0.2) is 0 Å². The van der Waals surface area contributed by atoms with Crippen LogP contribution in [-0.4, -0.2) is 13.1 Å². The summed E-state index contributed by atoms with van der Waals surface area (Å²) in [5.41, 5.74) is 3.93. The van der Waals surface area contributed by atoms with Crippen molar-refractivity contribution in [1.82, 2.24) is 0 Å². The van der Waals surface area contributed by atoms with E-state index in [-0.39, 0.29) is 51.0 Å². The van der Waals surface area contributed by atoms with Crippen LogP contribution in [0.3, 0.4) is 0 Å². The van der Waals surface area contributed by atoms with E-state index in [4.69, 9.17) is 0 Å². The Balaban J connectivity index is 0.000000372. The Morgan fingerprint density at radius 2 is 2.00 bits per heavy atom. The molecular formula is C21H16BrCl2NZr. The summed E-state index contributed by atoms with van der Waals surface area (Å²) < 4.78 is 1.14. The minimum Gasteiger partial charge on any atom is -1.00 e. The Labute approximate surface area is 194 Å². The largest absolute Gasteiger partial charge is 4.00 e. The molecule has 0 fully saturated rings. The first-order valence-corrected chi connectivity index (χ1v) is 8.52. The summed E-state index contributed by atoms with van der Waals surface area (Å²) >= 11 is 3.54. The molecule has 0 spiro atoms. The van der Waals surface area contributed by atoms with E-state index >= 15 is 0 Å². The molecule has 2 aromatic carbocycles. The van der Waals surface area contributed by atoms with Crippen LogP contribution in [0, 0.1) is 12.1 Å². The van der Waals surface area contributed by atoms with Gasteiger partial charge in [0.25, 0.3) is 0 Å². The van der Waals surface area contributed by atoms with E-state index in [0.717, 1.165) is 10.9 Å². The number of nitrogens with zero attached hydrogens (tertiary/aromatic N) is 1. The summed E-state index contributed by atoms with van der Waals surface area (Å²) in [5, 5.41) is 2.66. The number of likely N-dealkylation sites (N-methyl/N-ethyl adjacent to an activating group) is 1. The Morgan fingerprint density at radius 1 is 1.19 bits per heavy atom. The molecule has 5 heteroatoms. The fourth-order valence-electron chi connectivity index (χ4n) is 3.35. The Hall–Kier alpha value is -0.597. The van der Waals surface area contributed by atoms with Gasteiger partial charge in [-0.05, 0) is 30.1 Å². The predicted octanol–water partition coefficient (Wildman–Crippen LogP) is -2.63. The number of allylic oxidation sites excluding steroid dienone is 4. The van der Waals surface area contributed by atoms with Crippen molar-refractivity contribution in [1.29, 1.82) is 0 Å². The molecule has 1 atom stereocenters. The average molecular weight is 524 g/mol. The normalized spacial score (nSPS) is 16.8. The summed E-state index contributed by atoms with van der Waals surface area (Å²) in [4.78, 5) is 2.33. The molecule has 5 rings (SSSR count). The number of benzene rings is 2. The first kappa shape index (κ1) is 23.4. The molecule has 0 amide bonds. The van der Waals surface area contributed by atoms with Gasteiger partial charge in [0, 0.05) is 10.5 Å². The quantitative estimate of drug-likeness (QED) is 0.342. The minimum atomic E-state index is 0. The standard InChI is InChI=1S/C16H11BrN.C5H5.2ClH.Zr/c1-18-14-5-3-2-4-13(14)16-12-7-6-11(17)8-10(12)9-15(16)18;1-2-4-5-3-1;;;/h2-3,5-9,15H,1H3;1-3H,4H2;2*1H;/q2*-1;;;+4/p-2. The van der Waals surface area contributed by atoms with Crippen LogP contribution in [0.1, 0.15) is 12.0 Å². The van der Waals surface area contributed by atoms with Crippen molar-refractivity contribution in [3.05, 3.63) is 87.2 Å². The maximum Gasteiger partial charge on any atom is 4.00 e. The van der Waals surface area contributed by atoms with Gasteiger partial charge in [0.2, 0.25) is 0 Å². The maximum absolute atomic E-state index is 3.54. The zero-order valence-electron chi connectivity index (χ0n) is 14.1. The van der Waals surface area contributed by atoms with Crippen molar-refractivity contribution in [3.8, 4) is 0 Å². The van der Waals surface area contributed by atoms with Gasteiger partial charge in [-0.3, -0.25) is 6.08 Å². The maximum atomic E-state index is 3.54. The van der Waals surface area contributed by atoms with Gasteiger partial charge in [-0.25, -0.2) is 12.2 Å². The summed E-state index contributed by atoms with van der Waals surface area (Å²) in [7, 11) is 2.15. The third kappa shape index (κ3) is 4.28. The molecule has 1 nitrogen and oxygen atoms in total. The topological polar surface area (TPSA) is 3.24 Å². The van der Waals surface area contributed by atoms with E-state index in [2.05, 4.69) is 82.5 Å². The second-order valence-corrected chi connectivity index (χ2v) is 6.72. The van der Waals surface area contributed by atoms with Crippen LogP contribution in [0.5, 0.6) is 0 Å². The van der Waals surface area contributed by atoms with Crippen molar-refractivity contribution >= 4 is 33.3 Å². The van der Waals surface area contributed by atoms with Crippen LogP contribution in [0.4, 0.5) is 5.69 Å². The zero-order valence-corrected chi connectivity index (χ0v) is 19.7. The Bertz CT molecular complexity index is 943. The van der Waals surface area contributed by atoms with Gasteiger partial charge in [0.1, 0.15) is 0 Å². The molecule has 0 saturated heterocycles. The van der Waals surface area contributed by atoms with E-state index in [9.17, 15) is 0 Å². The molecule has 2 aliphatic carbocycles. The SMILES string of the molecule is CN1c2ccc[c-]c2C2=c3ccc(Br)cc3=CC21.[C-]1=CC=CC1.[Cl-].[Cl-].[Zr+4]. The van der Waals surface area contributed by atoms with Gasteiger partial charge in [-0.2, -0.15) is 6.08 Å². The Kier molecular flexibility index (Phi) is 9.09. The summed E-state index contributed by atoms with van der Waals surface area (Å²) in [6.45, 7) is 0. The summed E-state index contributed by atoms with van der Waals surface area (Å²) in [6.07, 6.45) is 12.3. The molecule has 130 valence electrons. The Morgan fingerprint density at radius 3 is 2.65 bits per heavy atom. The smallest absolute Gasteiger partial charge is 1.00 e. The number of halogens is 3. The molecule has 0 bridgehead atoms.